The summed E-state index contributed by atoms with van der Waals surface area (Å²) in [6.45, 7) is 9.62. The number of carbonyl (C=O) groups is 2. The molecule has 3 rings (SSSR count). The Balaban J connectivity index is 1.68. The van der Waals surface area contributed by atoms with Crippen LogP contribution in [0.2, 0.25) is 0 Å². The van der Waals surface area contributed by atoms with Gasteiger partial charge in [0.1, 0.15) is 24.0 Å². The first-order chi connectivity index (χ1) is 14.1. The summed E-state index contributed by atoms with van der Waals surface area (Å²) < 4.78 is 5.76. The van der Waals surface area contributed by atoms with Crippen LogP contribution in [0.25, 0.3) is 0 Å². The summed E-state index contributed by atoms with van der Waals surface area (Å²) >= 11 is 0. The lowest BCUT2D eigenvalue weighted by molar-refractivity contribution is -0.132. The molecule has 160 valence electrons. The average Bonchev–Trinajstić information content (AvgIpc) is 2.91. The second-order valence-corrected chi connectivity index (χ2v) is 8.43. The predicted molar refractivity (Wildman–Crippen MR) is 116 cm³/mol. The number of nitrogens with zero attached hydrogens (tertiary/aromatic N) is 1. The fourth-order valence-electron chi connectivity index (χ4n) is 3.73. The molecule has 30 heavy (non-hydrogen) atoms. The molecule has 0 bridgehead atoms. The van der Waals surface area contributed by atoms with Crippen molar-refractivity contribution < 1.29 is 19.4 Å². The number of hydrogen-bond acceptors (Lipinski definition) is 4. The summed E-state index contributed by atoms with van der Waals surface area (Å²) in [6, 6.07) is 13.0. The third-order valence-electron chi connectivity index (χ3n) is 5.65. The van der Waals surface area contributed by atoms with Crippen molar-refractivity contribution in [2.45, 2.75) is 52.2 Å². The number of aliphatic hydroxyl groups is 1. The summed E-state index contributed by atoms with van der Waals surface area (Å²) in [4.78, 5) is 26.6. The minimum absolute atomic E-state index is 0.0114. The first-order valence-electron chi connectivity index (χ1n) is 10.2. The summed E-state index contributed by atoms with van der Waals surface area (Å²) in [6.07, 6.45) is -0.996. The quantitative estimate of drug-likeness (QED) is 0.683. The highest BCUT2D eigenvalue weighted by Crippen LogP contribution is 2.30. The minimum atomic E-state index is -1.15. The zero-order valence-corrected chi connectivity index (χ0v) is 18.2. The lowest BCUT2D eigenvalue weighted by Crippen LogP contribution is -2.42. The van der Waals surface area contributed by atoms with E-state index in [1.807, 2.05) is 56.3 Å². The van der Waals surface area contributed by atoms with E-state index in [-0.39, 0.29) is 19.1 Å². The van der Waals surface area contributed by atoms with Gasteiger partial charge in [0.25, 0.3) is 5.91 Å². The van der Waals surface area contributed by atoms with Gasteiger partial charge in [-0.05, 0) is 48.9 Å². The highest BCUT2D eigenvalue weighted by atomic mass is 16.5. The molecule has 0 radical (unpaired) electrons. The number of benzene rings is 2. The first-order valence-corrected chi connectivity index (χ1v) is 10.2. The summed E-state index contributed by atoms with van der Waals surface area (Å²) in [7, 11) is 0. The third-order valence-corrected chi connectivity index (χ3v) is 5.65. The van der Waals surface area contributed by atoms with Gasteiger partial charge in [-0.2, -0.15) is 0 Å². The molecule has 2 aromatic carbocycles. The fraction of sp³-hybridized carbons (Fsp3) is 0.417. The maximum absolute atomic E-state index is 13.1. The van der Waals surface area contributed by atoms with Crippen LogP contribution in [-0.4, -0.2) is 41.2 Å². The van der Waals surface area contributed by atoms with Crippen LogP contribution < -0.4 is 10.1 Å². The molecule has 1 aliphatic heterocycles. The van der Waals surface area contributed by atoms with Gasteiger partial charge in [0.05, 0.1) is 6.54 Å². The van der Waals surface area contributed by atoms with Gasteiger partial charge in [-0.25, -0.2) is 4.79 Å². The number of imide groups is 1. The van der Waals surface area contributed by atoms with Gasteiger partial charge >= 0.3 is 6.03 Å². The van der Waals surface area contributed by atoms with E-state index in [1.54, 1.807) is 6.92 Å². The van der Waals surface area contributed by atoms with E-state index < -0.39 is 17.7 Å². The molecule has 0 unspecified atom stereocenters. The molecule has 0 aromatic heterocycles. The van der Waals surface area contributed by atoms with Crippen molar-refractivity contribution in [3.05, 3.63) is 64.7 Å². The van der Waals surface area contributed by atoms with Gasteiger partial charge in [0.2, 0.25) is 0 Å². The van der Waals surface area contributed by atoms with Crippen LogP contribution >= 0.6 is 0 Å². The monoisotopic (exact) mass is 410 g/mol. The van der Waals surface area contributed by atoms with Gasteiger partial charge in [-0.15, -0.1) is 0 Å². The van der Waals surface area contributed by atoms with Crippen LogP contribution in [-0.2, 0) is 10.3 Å². The summed E-state index contributed by atoms with van der Waals surface area (Å²) in [5.74, 6) is 0.712. The zero-order valence-electron chi connectivity index (χ0n) is 18.2. The number of amides is 3. The van der Waals surface area contributed by atoms with Crippen molar-refractivity contribution in [2.24, 2.45) is 0 Å². The molecule has 1 saturated heterocycles. The molecule has 6 nitrogen and oxygen atoms in total. The van der Waals surface area contributed by atoms with Gasteiger partial charge in [0, 0.05) is 0 Å². The molecule has 1 fully saturated rings. The number of β-amino-alcohol motifs (C(OH)–C–C–N with tert-alkyl or cyclic N) is 1. The first kappa shape index (κ1) is 21.8. The van der Waals surface area contributed by atoms with Crippen molar-refractivity contribution in [3.63, 3.8) is 0 Å². The number of hydrogen-bond donors (Lipinski definition) is 2. The summed E-state index contributed by atoms with van der Waals surface area (Å²) in [5.41, 5.74) is 2.66. The Hall–Kier alpha value is -2.86. The second kappa shape index (κ2) is 8.48. The number of rotatable bonds is 7. The Morgan fingerprint density at radius 1 is 1.07 bits per heavy atom. The smallest absolute Gasteiger partial charge is 0.325 e. The molecule has 0 spiro atoms. The normalized spacial score (nSPS) is 19.9. The standard InChI is InChI=1S/C24H30N2O4/c1-15(2)18-9-11-19(12-10-18)24(5)22(28)26(23(29)25-24)13-20(27)14-30-21-16(3)7-6-8-17(21)4/h6-12,15,20,27H,13-14H2,1-5H3,(H,25,29)/t20-,24+/m0/s1. The number of ether oxygens (including phenoxy) is 1. The number of aryl methyl sites for hydroxylation is 2. The van der Waals surface area contributed by atoms with Crippen molar-refractivity contribution in [1.29, 1.82) is 0 Å². The van der Waals surface area contributed by atoms with Crippen LogP contribution in [0, 0.1) is 13.8 Å². The molecular weight excluding hydrogens is 380 g/mol. The van der Waals surface area contributed by atoms with E-state index in [4.69, 9.17) is 4.74 Å². The number of nitrogens with one attached hydrogen (secondary N) is 1. The van der Waals surface area contributed by atoms with Crippen LogP contribution in [0.15, 0.2) is 42.5 Å². The van der Waals surface area contributed by atoms with Crippen molar-refractivity contribution in [1.82, 2.24) is 10.2 Å². The Morgan fingerprint density at radius 3 is 2.23 bits per heavy atom. The number of carbonyl (C=O) groups excluding carboxylic acids is 2. The van der Waals surface area contributed by atoms with E-state index in [2.05, 4.69) is 19.2 Å². The Morgan fingerprint density at radius 2 is 1.67 bits per heavy atom. The predicted octanol–water partition coefficient (Wildman–Crippen LogP) is 3.63. The van der Waals surface area contributed by atoms with Gasteiger partial charge in [0.15, 0.2) is 0 Å². The van der Waals surface area contributed by atoms with E-state index in [0.29, 0.717) is 17.2 Å². The highest BCUT2D eigenvalue weighted by molar-refractivity contribution is 6.07. The van der Waals surface area contributed by atoms with E-state index in [9.17, 15) is 14.7 Å². The fourth-order valence-corrected chi connectivity index (χ4v) is 3.73. The Labute approximate surface area is 177 Å². The van der Waals surface area contributed by atoms with Crippen LogP contribution in [0.5, 0.6) is 5.75 Å². The lowest BCUT2D eigenvalue weighted by atomic mass is 9.90. The van der Waals surface area contributed by atoms with Crippen LogP contribution in [0.1, 0.15) is 48.9 Å². The topological polar surface area (TPSA) is 78.9 Å². The molecule has 2 atom stereocenters. The largest absolute Gasteiger partial charge is 0.490 e. The maximum Gasteiger partial charge on any atom is 0.325 e. The third kappa shape index (κ3) is 4.19. The number of para-hydroxylation sites is 1. The Bertz CT molecular complexity index is 918. The van der Waals surface area contributed by atoms with E-state index >= 15 is 0 Å². The van der Waals surface area contributed by atoms with Crippen molar-refractivity contribution in [3.8, 4) is 5.75 Å². The maximum atomic E-state index is 13.1. The number of urea groups is 1. The van der Waals surface area contributed by atoms with E-state index in [0.717, 1.165) is 21.6 Å². The van der Waals surface area contributed by atoms with Crippen molar-refractivity contribution in [2.75, 3.05) is 13.2 Å². The molecule has 0 saturated carbocycles. The molecular formula is C24H30N2O4. The van der Waals surface area contributed by atoms with E-state index in [1.165, 1.54) is 0 Å². The molecule has 1 aliphatic rings. The molecule has 0 aliphatic carbocycles. The Kier molecular flexibility index (Phi) is 6.17. The highest BCUT2D eigenvalue weighted by Gasteiger charge is 2.49. The van der Waals surface area contributed by atoms with Gasteiger partial charge in [-0.1, -0.05) is 56.3 Å². The second-order valence-electron chi connectivity index (χ2n) is 8.43. The molecule has 3 amide bonds. The van der Waals surface area contributed by atoms with Crippen LogP contribution in [0.4, 0.5) is 4.79 Å². The van der Waals surface area contributed by atoms with Gasteiger partial charge < -0.3 is 15.2 Å². The molecule has 2 N–H and O–H groups in total. The zero-order chi connectivity index (χ0) is 22.1. The average molecular weight is 411 g/mol. The SMILES string of the molecule is Cc1cccc(C)c1OC[C@@H](O)CN1C(=O)N[C@](C)(c2ccc(C(C)C)cc2)C1=O. The lowest BCUT2D eigenvalue weighted by Gasteiger charge is -2.24. The number of aliphatic hydroxyl groups excluding tert-OH is 1. The minimum Gasteiger partial charge on any atom is -0.490 e. The molecule has 2 aromatic rings. The van der Waals surface area contributed by atoms with Gasteiger partial charge in [-0.3, -0.25) is 9.69 Å². The summed E-state index contributed by atoms with van der Waals surface area (Å²) in [5, 5.41) is 13.2. The molecule has 6 heteroatoms. The molecule has 1 heterocycles. The van der Waals surface area contributed by atoms with Crippen molar-refractivity contribution >= 4 is 11.9 Å². The van der Waals surface area contributed by atoms with Crippen LogP contribution in [0.3, 0.4) is 0 Å².